The zero-order valence-electron chi connectivity index (χ0n) is 17.3. The summed E-state index contributed by atoms with van der Waals surface area (Å²) < 4.78 is 5.25. The van der Waals surface area contributed by atoms with Crippen LogP contribution in [0.3, 0.4) is 0 Å². The molecule has 5 heteroatoms. The molecule has 5 nitrogen and oxygen atoms in total. The Labute approximate surface area is 167 Å². The molecule has 28 heavy (non-hydrogen) atoms. The lowest BCUT2D eigenvalue weighted by atomic mass is 9.41. The molecule has 2 N–H and O–H groups in total. The first kappa shape index (κ1) is 18.1. The highest BCUT2D eigenvalue weighted by molar-refractivity contribution is 5.74. The number of esters is 1. The van der Waals surface area contributed by atoms with Gasteiger partial charge >= 0.3 is 5.97 Å². The molecule has 0 aromatic heterocycles. The molecule has 4 aliphatic carbocycles. The molecule has 0 amide bonds. The molecular weight excluding hydrogens is 354 g/mol. The second-order valence-corrected chi connectivity index (χ2v) is 11.2. The number of piperidine rings is 1. The average molecular weight is 390 g/mol. The Morgan fingerprint density at radius 3 is 2.64 bits per heavy atom. The minimum atomic E-state index is -0.824. The van der Waals surface area contributed by atoms with Crippen molar-refractivity contribution in [2.75, 3.05) is 26.8 Å². The third-order valence-electron chi connectivity index (χ3n) is 11.0. The van der Waals surface area contributed by atoms with Crippen LogP contribution in [0.2, 0.25) is 0 Å². The van der Waals surface area contributed by atoms with Gasteiger partial charge in [-0.1, -0.05) is 6.92 Å². The number of aliphatic hydroxyl groups excluding tert-OH is 1. The van der Waals surface area contributed by atoms with Gasteiger partial charge in [0.15, 0.2) is 0 Å². The molecule has 2 heterocycles. The summed E-state index contributed by atoms with van der Waals surface area (Å²) in [6, 6.07) is 0.320. The van der Waals surface area contributed by atoms with Crippen LogP contribution in [0.4, 0.5) is 0 Å². The highest BCUT2D eigenvalue weighted by Crippen LogP contribution is 2.79. The number of nitrogens with zero attached hydrogens (tertiary/aromatic N) is 1. The monoisotopic (exact) mass is 389 g/mol. The fraction of sp³-hybridized carbons (Fsp3) is 0.957. The van der Waals surface area contributed by atoms with Crippen molar-refractivity contribution < 1.29 is 19.7 Å². The predicted molar refractivity (Wildman–Crippen MR) is 103 cm³/mol. The van der Waals surface area contributed by atoms with Gasteiger partial charge in [-0.3, -0.25) is 9.69 Å². The van der Waals surface area contributed by atoms with Crippen molar-refractivity contribution in [3.63, 3.8) is 0 Å². The second kappa shape index (κ2) is 5.53. The lowest BCUT2D eigenvalue weighted by molar-refractivity contribution is -0.262. The molecule has 0 aromatic rings. The van der Waals surface area contributed by atoms with Gasteiger partial charge in [0.25, 0.3) is 0 Å². The topological polar surface area (TPSA) is 70.0 Å². The van der Waals surface area contributed by atoms with E-state index < -0.39 is 5.60 Å². The summed E-state index contributed by atoms with van der Waals surface area (Å²) >= 11 is 0. The van der Waals surface area contributed by atoms with Crippen LogP contribution in [0, 0.1) is 46.3 Å². The van der Waals surface area contributed by atoms with Gasteiger partial charge in [-0.2, -0.15) is 0 Å². The van der Waals surface area contributed by atoms with Gasteiger partial charge in [0.2, 0.25) is 0 Å². The smallest absolute Gasteiger partial charge is 0.309 e. The molecule has 0 radical (unpaired) electrons. The molecule has 6 aliphatic rings. The standard InChI is InChI=1S/C23H35NO4/c1-13-10-24-11-15-4-3-14-5-6-18-17(20(26)28-2)9-22(23(14,18)27)19(24)16(13)7-8-21(15,22)12-25/h13-19,25,27H,3-12H2,1-2H3/t13-,14-,15-,16-,17-,18-,19-,21-,22+,23+/m0/s1. The summed E-state index contributed by atoms with van der Waals surface area (Å²) in [6.07, 6.45) is 7.03. The van der Waals surface area contributed by atoms with Crippen LogP contribution >= 0.6 is 0 Å². The Kier molecular flexibility index (Phi) is 3.58. The van der Waals surface area contributed by atoms with Gasteiger partial charge in [-0.15, -0.1) is 0 Å². The van der Waals surface area contributed by atoms with Crippen molar-refractivity contribution in [1.29, 1.82) is 0 Å². The molecular formula is C23H35NO4. The molecule has 0 unspecified atom stereocenters. The van der Waals surface area contributed by atoms with Crippen molar-refractivity contribution >= 4 is 5.97 Å². The maximum absolute atomic E-state index is 12.9. The predicted octanol–water partition coefficient (Wildman–Crippen LogP) is 2.06. The highest BCUT2D eigenvalue weighted by atomic mass is 16.5. The van der Waals surface area contributed by atoms with Crippen LogP contribution in [-0.2, 0) is 9.53 Å². The summed E-state index contributed by atoms with van der Waals surface area (Å²) in [5.74, 6) is 1.59. The van der Waals surface area contributed by atoms with E-state index in [4.69, 9.17) is 4.74 Å². The molecule has 156 valence electrons. The van der Waals surface area contributed by atoms with Crippen LogP contribution < -0.4 is 0 Å². The number of aliphatic hydroxyl groups is 2. The van der Waals surface area contributed by atoms with Crippen LogP contribution in [0.5, 0.6) is 0 Å². The van der Waals surface area contributed by atoms with Gasteiger partial charge in [0.05, 0.1) is 18.6 Å². The van der Waals surface area contributed by atoms with E-state index in [-0.39, 0.29) is 41.2 Å². The second-order valence-electron chi connectivity index (χ2n) is 11.2. The molecule has 10 atom stereocenters. The van der Waals surface area contributed by atoms with Gasteiger partial charge in [0.1, 0.15) is 0 Å². The minimum absolute atomic E-state index is 0.00392. The van der Waals surface area contributed by atoms with Gasteiger partial charge < -0.3 is 14.9 Å². The van der Waals surface area contributed by atoms with Crippen molar-refractivity contribution in [2.45, 2.75) is 63.5 Å². The first-order valence-electron chi connectivity index (χ1n) is 11.6. The highest BCUT2D eigenvalue weighted by Gasteiger charge is 2.83. The van der Waals surface area contributed by atoms with E-state index in [9.17, 15) is 15.0 Å². The van der Waals surface area contributed by atoms with Crippen molar-refractivity contribution in [1.82, 2.24) is 4.90 Å². The summed E-state index contributed by atoms with van der Waals surface area (Å²) in [6.45, 7) is 4.73. The van der Waals surface area contributed by atoms with E-state index in [1.165, 1.54) is 7.11 Å². The van der Waals surface area contributed by atoms with Crippen LogP contribution in [0.15, 0.2) is 0 Å². The Morgan fingerprint density at radius 2 is 1.89 bits per heavy atom. The van der Waals surface area contributed by atoms with E-state index in [0.717, 1.165) is 58.0 Å². The average Bonchev–Trinajstić information content (AvgIpc) is 3.27. The summed E-state index contributed by atoms with van der Waals surface area (Å²) in [4.78, 5) is 15.6. The fourth-order valence-electron chi connectivity index (χ4n) is 10.3. The quantitative estimate of drug-likeness (QED) is 0.708. The molecule has 6 rings (SSSR count). The molecule has 4 saturated carbocycles. The zero-order valence-corrected chi connectivity index (χ0v) is 17.3. The van der Waals surface area contributed by atoms with Crippen LogP contribution in [0.25, 0.3) is 0 Å². The first-order chi connectivity index (χ1) is 13.4. The molecule has 1 spiro atoms. The van der Waals surface area contributed by atoms with E-state index in [0.29, 0.717) is 23.8 Å². The zero-order chi connectivity index (χ0) is 19.5. The van der Waals surface area contributed by atoms with E-state index in [1.54, 1.807) is 0 Å². The molecule has 2 aliphatic heterocycles. The maximum Gasteiger partial charge on any atom is 0.309 e. The normalized spacial score (nSPS) is 59.1. The van der Waals surface area contributed by atoms with Crippen LogP contribution in [0.1, 0.15) is 51.9 Å². The Hall–Kier alpha value is -0.650. The van der Waals surface area contributed by atoms with Gasteiger partial charge in [-0.25, -0.2) is 0 Å². The number of rotatable bonds is 2. The Balaban J connectivity index is 1.63. The maximum atomic E-state index is 12.9. The van der Waals surface area contributed by atoms with E-state index in [1.807, 2.05) is 0 Å². The molecule has 2 saturated heterocycles. The van der Waals surface area contributed by atoms with E-state index >= 15 is 0 Å². The number of carbonyl (C=O) groups excluding carboxylic acids is 1. The number of hydrogen-bond donors (Lipinski definition) is 2. The molecule has 4 bridgehead atoms. The van der Waals surface area contributed by atoms with Gasteiger partial charge in [-0.05, 0) is 68.6 Å². The molecule has 6 fully saturated rings. The van der Waals surface area contributed by atoms with Crippen LogP contribution in [-0.4, -0.2) is 59.5 Å². The fourth-order valence-corrected chi connectivity index (χ4v) is 10.3. The number of hydrogen-bond acceptors (Lipinski definition) is 5. The number of ether oxygens (including phenoxy) is 1. The lowest BCUT2D eigenvalue weighted by Gasteiger charge is -2.69. The Morgan fingerprint density at radius 1 is 1.14 bits per heavy atom. The SMILES string of the molecule is COC(=O)[C@H]1C[C@@]23[C@@H]4[C@H]5CC[C@]2(CO)[C@@H](CC[C@H]2CC[C@@H]1[C@]23O)CN4C[C@@H]5C. The number of methoxy groups -OCH3 is 1. The van der Waals surface area contributed by atoms with Crippen molar-refractivity contribution in [3.8, 4) is 0 Å². The van der Waals surface area contributed by atoms with Crippen molar-refractivity contribution in [3.05, 3.63) is 0 Å². The Bertz CT molecular complexity index is 713. The minimum Gasteiger partial charge on any atom is -0.469 e. The lowest BCUT2D eigenvalue weighted by Crippen LogP contribution is -2.74. The van der Waals surface area contributed by atoms with Crippen molar-refractivity contribution in [2.24, 2.45) is 46.3 Å². The first-order valence-corrected chi connectivity index (χ1v) is 11.6. The van der Waals surface area contributed by atoms with Gasteiger partial charge in [0, 0.05) is 42.5 Å². The van der Waals surface area contributed by atoms with E-state index in [2.05, 4.69) is 11.8 Å². The largest absolute Gasteiger partial charge is 0.469 e. The third kappa shape index (κ3) is 1.65. The summed E-state index contributed by atoms with van der Waals surface area (Å²) in [5, 5.41) is 23.7. The number of carbonyl (C=O) groups is 1. The third-order valence-corrected chi connectivity index (χ3v) is 11.0. The molecule has 0 aromatic carbocycles. The summed E-state index contributed by atoms with van der Waals surface area (Å²) in [7, 11) is 1.49. The summed E-state index contributed by atoms with van der Waals surface area (Å²) in [5.41, 5.74) is -1.41.